The van der Waals surface area contributed by atoms with E-state index in [9.17, 15) is 18.0 Å². The molecule has 0 aromatic heterocycles. The highest BCUT2D eigenvalue weighted by Crippen LogP contribution is 2.34. The van der Waals surface area contributed by atoms with Crippen molar-refractivity contribution in [2.45, 2.75) is 38.4 Å². The van der Waals surface area contributed by atoms with Crippen molar-refractivity contribution in [3.8, 4) is 0 Å². The lowest BCUT2D eigenvalue weighted by Crippen LogP contribution is -2.53. The zero-order chi connectivity index (χ0) is 12.3. The molecule has 0 aliphatic heterocycles. The molecule has 0 spiro atoms. The number of aliphatic carboxylic acids is 1. The molecule has 1 aliphatic carbocycles. The summed E-state index contributed by atoms with van der Waals surface area (Å²) in [5, 5.41) is 8.81. The number of carboxylic acids is 1. The van der Waals surface area contributed by atoms with Gasteiger partial charge in [0.05, 0.1) is 12.5 Å². The van der Waals surface area contributed by atoms with Crippen molar-refractivity contribution in [2.24, 2.45) is 5.92 Å². The van der Waals surface area contributed by atoms with Gasteiger partial charge in [-0.3, -0.25) is 9.69 Å². The Labute approximate surface area is 92.2 Å². The Morgan fingerprint density at radius 3 is 2.38 bits per heavy atom. The van der Waals surface area contributed by atoms with Gasteiger partial charge in [0.25, 0.3) is 0 Å². The Hall–Kier alpha value is -0.780. The van der Waals surface area contributed by atoms with E-state index in [1.807, 2.05) is 0 Å². The molecule has 1 N–H and O–H groups in total. The number of halogens is 3. The van der Waals surface area contributed by atoms with Crippen molar-refractivity contribution in [3.05, 3.63) is 0 Å². The first-order valence-corrected chi connectivity index (χ1v) is 5.38. The molecule has 0 amide bonds. The third kappa shape index (κ3) is 3.37. The van der Waals surface area contributed by atoms with Gasteiger partial charge in [0.2, 0.25) is 0 Å². The molecule has 2 atom stereocenters. The third-order valence-electron chi connectivity index (χ3n) is 2.92. The molecule has 1 fully saturated rings. The molecular formula is C10H16F3NO2. The van der Waals surface area contributed by atoms with E-state index in [-0.39, 0.29) is 0 Å². The monoisotopic (exact) mass is 239 g/mol. The molecule has 0 radical (unpaired) electrons. The molecular weight excluding hydrogens is 223 g/mol. The predicted molar refractivity (Wildman–Crippen MR) is 52.1 cm³/mol. The summed E-state index contributed by atoms with van der Waals surface area (Å²) < 4.78 is 36.9. The zero-order valence-electron chi connectivity index (χ0n) is 9.13. The Bertz CT molecular complexity index is 255. The summed E-state index contributed by atoms with van der Waals surface area (Å²) in [4.78, 5) is 12.0. The standard InChI is InChI=1S/C10H16F3NO2/c1-2-5-14(6-10(11,12)13)8-4-3-7(8)9(15)16/h7-8H,2-6H2,1H3,(H,15,16). The maximum atomic E-state index is 12.3. The minimum Gasteiger partial charge on any atom is -0.481 e. The van der Waals surface area contributed by atoms with Crippen LogP contribution in [-0.4, -0.2) is 41.3 Å². The molecule has 16 heavy (non-hydrogen) atoms. The molecule has 2 unspecified atom stereocenters. The van der Waals surface area contributed by atoms with Gasteiger partial charge >= 0.3 is 12.1 Å². The average Bonchev–Trinajstić information content (AvgIpc) is 1.97. The molecule has 1 aliphatic rings. The van der Waals surface area contributed by atoms with Crippen molar-refractivity contribution in [2.75, 3.05) is 13.1 Å². The van der Waals surface area contributed by atoms with E-state index >= 15 is 0 Å². The van der Waals surface area contributed by atoms with Crippen molar-refractivity contribution in [1.82, 2.24) is 4.90 Å². The maximum Gasteiger partial charge on any atom is 0.401 e. The molecule has 0 aromatic rings. The first-order valence-electron chi connectivity index (χ1n) is 5.38. The second kappa shape index (κ2) is 5.03. The van der Waals surface area contributed by atoms with E-state index in [4.69, 9.17) is 5.11 Å². The van der Waals surface area contributed by atoms with Crippen LogP contribution in [-0.2, 0) is 4.79 Å². The molecule has 94 valence electrons. The minimum absolute atomic E-state index is 0.300. The van der Waals surface area contributed by atoms with Crippen LogP contribution in [0.3, 0.4) is 0 Å². The van der Waals surface area contributed by atoms with Gasteiger partial charge in [0.15, 0.2) is 0 Å². The lowest BCUT2D eigenvalue weighted by atomic mass is 9.78. The number of carbonyl (C=O) groups is 1. The van der Waals surface area contributed by atoms with Crippen LogP contribution in [0.1, 0.15) is 26.2 Å². The molecule has 0 bridgehead atoms. The summed E-state index contributed by atoms with van der Waals surface area (Å²) in [7, 11) is 0. The summed E-state index contributed by atoms with van der Waals surface area (Å²) in [6, 6.07) is -0.445. The Balaban J connectivity index is 2.60. The molecule has 1 saturated carbocycles. The smallest absolute Gasteiger partial charge is 0.401 e. The van der Waals surface area contributed by atoms with Crippen molar-refractivity contribution < 1.29 is 23.1 Å². The van der Waals surface area contributed by atoms with Gasteiger partial charge in [0, 0.05) is 6.04 Å². The largest absolute Gasteiger partial charge is 0.481 e. The summed E-state index contributed by atoms with van der Waals surface area (Å²) in [5.41, 5.74) is 0. The second-order valence-corrected chi connectivity index (χ2v) is 4.18. The van der Waals surface area contributed by atoms with Crippen LogP contribution in [0.15, 0.2) is 0 Å². The molecule has 0 saturated heterocycles. The van der Waals surface area contributed by atoms with Gasteiger partial charge in [0.1, 0.15) is 0 Å². The van der Waals surface area contributed by atoms with Crippen LogP contribution in [0.2, 0.25) is 0 Å². The molecule has 0 aromatic carbocycles. The van der Waals surface area contributed by atoms with E-state index in [1.54, 1.807) is 6.92 Å². The van der Waals surface area contributed by atoms with Crippen LogP contribution >= 0.6 is 0 Å². The number of alkyl halides is 3. The van der Waals surface area contributed by atoms with E-state index in [0.29, 0.717) is 25.8 Å². The van der Waals surface area contributed by atoms with Gasteiger partial charge in [-0.2, -0.15) is 13.2 Å². The number of carboxylic acid groups (broad SMARTS) is 1. The molecule has 6 heteroatoms. The quantitative estimate of drug-likeness (QED) is 0.799. The lowest BCUT2D eigenvalue weighted by molar-refractivity contribution is -0.167. The SMILES string of the molecule is CCCN(CC(F)(F)F)C1CCC1C(=O)O. The summed E-state index contributed by atoms with van der Waals surface area (Å²) >= 11 is 0. The van der Waals surface area contributed by atoms with E-state index < -0.39 is 30.7 Å². The second-order valence-electron chi connectivity index (χ2n) is 4.18. The highest BCUT2D eigenvalue weighted by molar-refractivity contribution is 5.72. The normalized spacial score (nSPS) is 25.6. The topological polar surface area (TPSA) is 40.5 Å². The third-order valence-corrected chi connectivity index (χ3v) is 2.92. The Kier molecular flexibility index (Phi) is 4.18. The van der Waals surface area contributed by atoms with Gasteiger partial charge in [-0.15, -0.1) is 0 Å². The van der Waals surface area contributed by atoms with Crippen LogP contribution < -0.4 is 0 Å². The van der Waals surface area contributed by atoms with Crippen LogP contribution in [0, 0.1) is 5.92 Å². The summed E-state index contributed by atoms with van der Waals surface area (Å²) in [5.74, 6) is -1.62. The number of hydrogen-bond donors (Lipinski definition) is 1. The highest BCUT2D eigenvalue weighted by Gasteiger charge is 2.43. The fourth-order valence-corrected chi connectivity index (χ4v) is 2.09. The molecule has 0 heterocycles. The van der Waals surface area contributed by atoms with Crippen LogP contribution in [0.25, 0.3) is 0 Å². The summed E-state index contributed by atoms with van der Waals surface area (Å²) in [6.07, 6.45) is -2.63. The van der Waals surface area contributed by atoms with Gasteiger partial charge in [-0.1, -0.05) is 6.92 Å². The number of nitrogens with zero attached hydrogens (tertiary/aromatic N) is 1. The molecule has 1 rings (SSSR count). The predicted octanol–water partition coefficient (Wildman–Crippen LogP) is 2.12. The Morgan fingerprint density at radius 2 is 2.06 bits per heavy atom. The van der Waals surface area contributed by atoms with Crippen molar-refractivity contribution >= 4 is 5.97 Å². The first kappa shape index (κ1) is 13.3. The van der Waals surface area contributed by atoms with Crippen molar-refractivity contribution in [3.63, 3.8) is 0 Å². The zero-order valence-corrected chi connectivity index (χ0v) is 9.13. The fourth-order valence-electron chi connectivity index (χ4n) is 2.09. The average molecular weight is 239 g/mol. The fraction of sp³-hybridized carbons (Fsp3) is 0.900. The lowest BCUT2D eigenvalue weighted by Gasteiger charge is -2.42. The van der Waals surface area contributed by atoms with Crippen LogP contribution in [0.5, 0.6) is 0 Å². The van der Waals surface area contributed by atoms with E-state index in [1.165, 1.54) is 4.90 Å². The van der Waals surface area contributed by atoms with Gasteiger partial charge in [-0.05, 0) is 25.8 Å². The number of rotatable bonds is 5. The maximum absolute atomic E-state index is 12.3. The van der Waals surface area contributed by atoms with E-state index in [0.717, 1.165) is 0 Å². The Morgan fingerprint density at radius 1 is 1.44 bits per heavy atom. The van der Waals surface area contributed by atoms with Gasteiger partial charge in [-0.25, -0.2) is 0 Å². The first-order chi connectivity index (χ1) is 7.35. The molecule has 3 nitrogen and oxygen atoms in total. The van der Waals surface area contributed by atoms with E-state index in [2.05, 4.69) is 0 Å². The summed E-state index contributed by atoms with van der Waals surface area (Å²) in [6.45, 7) is 1.08. The number of hydrogen-bond acceptors (Lipinski definition) is 2. The van der Waals surface area contributed by atoms with Crippen LogP contribution in [0.4, 0.5) is 13.2 Å². The minimum atomic E-state index is -4.26. The highest BCUT2D eigenvalue weighted by atomic mass is 19.4. The van der Waals surface area contributed by atoms with Gasteiger partial charge < -0.3 is 5.11 Å². The van der Waals surface area contributed by atoms with Crippen molar-refractivity contribution in [1.29, 1.82) is 0 Å².